The Bertz CT molecular complexity index is 1450. The standard InChI is InChI=1S/C86H167NO5/c1-3-5-7-9-11-13-15-17-19-21-23-43-46-50-54-58-62-66-70-74-78-84(89)83(82-88)87-85(90)79-75-71-67-63-59-55-51-47-44-41-39-37-35-33-31-29-27-25-24-26-28-30-32-34-36-38-40-42-45-49-53-57-61-65-69-73-77-81-92-86(91)80-76-72-68-64-60-56-52-48-22-20-18-16-14-12-10-8-6-4-2/h20,22,74,78,83-84,88-89H,3-19,21,23-73,75-77,79-82H2,1-2H3,(H,87,90)/b22-20-,78-74+. The minimum atomic E-state index is -0.841. The molecule has 546 valence electrons. The second-order valence-corrected chi connectivity index (χ2v) is 29.5. The van der Waals surface area contributed by atoms with Gasteiger partial charge >= 0.3 is 5.97 Å². The van der Waals surface area contributed by atoms with Crippen molar-refractivity contribution in [3.8, 4) is 0 Å². The molecule has 2 atom stereocenters. The van der Waals surface area contributed by atoms with Gasteiger partial charge in [0.15, 0.2) is 0 Å². The molecule has 92 heavy (non-hydrogen) atoms. The average Bonchev–Trinajstić information content (AvgIpc) is 3.77. The van der Waals surface area contributed by atoms with E-state index in [4.69, 9.17) is 4.74 Å². The summed E-state index contributed by atoms with van der Waals surface area (Å²) < 4.78 is 5.52. The van der Waals surface area contributed by atoms with Gasteiger partial charge in [-0.3, -0.25) is 9.59 Å². The Kier molecular flexibility index (Phi) is 80.3. The van der Waals surface area contributed by atoms with E-state index in [0.717, 1.165) is 38.5 Å². The molecule has 0 aliphatic rings. The molecule has 0 radical (unpaired) electrons. The highest BCUT2D eigenvalue weighted by atomic mass is 16.5. The van der Waals surface area contributed by atoms with Gasteiger partial charge in [0.05, 0.1) is 25.4 Å². The first kappa shape index (κ1) is 90.3. The van der Waals surface area contributed by atoms with Crippen LogP contribution in [0.15, 0.2) is 24.3 Å². The topological polar surface area (TPSA) is 95.9 Å². The summed E-state index contributed by atoms with van der Waals surface area (Å²) in [5, 5.41) is 23.3. The minimum Gasteiger partial charge on any atom is -0.466 e. The van der Waals surface area contributed by atoms with Crippen molar-refractivity contribution in [1.82, 2.24) is 5.32 Å². The number of unbranched alkanes of at least 4 members (excludes halogenated alkanes) is 68. The Balaban J connectivity index is 3.31. The summed E-state index contributed by atoms with van der Waals surface area (Å²) in [4.78, 5) is 24.7. The number of rotatable bonds is 81. The lowest BCUT2D eigenvalue weighted by Gasteiger charge is -2.20. The molecule has 3 N–H and O–H groups in total. The van der Waals surface area contributed by atoms with Gasteiger partial charge in [-0.25, -0.2) is 0 Å². The van der Waals surface area contributed by atoms with Crippen LogP contribution in [0, 0.1) is 0 Å². The lowest BCUT2D eigenvalue weighted by Crippen LogP contribution is -2.45. The van der Waals surface area contributed by atoms with Gasteiger partial charge in [-0.15, -0.1) is 0 Å². The molecule has 0 aromatic rings. The number of carbonyl (C=O) groups excluding carboxylic acids is 2. The summed E-state index contributed by atoms with van der Waals surface area (Å²) in [6.45, 7) is 4.96. The second-order valence-electron chi connectivity index (χ2n) is 29.5. The maximum absolute atomic E-state index is 12.5. The van der Waals surface area contributed by atoms with Crippen LogP contribution in [0.5, 0.6) is 0 Å². The van der Waals surface area contributed by atoms with Gasteiger partial charge in [-0.1, -0.05) is 443 Å². The molecule has 0 aliphatic carbocycles. The lowest BCUT2D eigenvalue weighted by atomic mass is 10.0. The molecule has 0 rings (SSSR count). The van der Waals surface area contributed by atoms with Gasteiger partial charge in [0.2, 0.25) is 5.91 Å². The first-order valence-electron chi connectivity index (χ1n) is 42.6. The number of allylic oxidation sites excluding steroid dienone is 3. The summed E-state index contributed by atoms with van der Waals surface area (Å²) in [5.41, 5.74) is 0. The highest BCUT2D eigenvalue weighted by Gasteiger charge is 2.18. The van der Waals surface area contributed by atoms with Gasteiger partial charge < -0.3 is 20.3 Å². The molecular weight excluding hydrogens is 1130 g/mol. The predicted octanol–water partition coefficient (Wildman–Crippen LogP) is 28.4. The molecule has 6 nitrogen and oxygen atoms in total. The van der Waals surface area contributed by atoms with Crippen molar-refractivity contribution in [3.63, 3.8) is 0 Å². The van der Waals surface area contributed by atoms with Crippen molar-refractivity contribution in [2.75, 3.05) is 13.2 Å². The van der Waals surface area contributed by atoms with Crippen LogP contribution in [0.1, 0.15) is 489 Å². The van der Waals surface area contributed by atoms with E-state index >= 15 is 0 Å². The third-order valence-corrected chi connectivity index (χ3v) is 20.2. The fourth-order valence-electron chi connectivity index (χ4n) is 13.8. The van der Waals surface area contributed by atoms with E-state index in [1.807, 2.05) is 6.08 Å². The van der Waals surface area contributed by atoms with E-state index in [2.05, 4.69) is 31.3 Å². The van der Waals surface area contributed by atoms with Crippen molar-refractivity contribution in [1.29, 1.82) is 0 Å². The van der Waals surface area contributed by atoms with Crippen LogP contribution in [0.4, 0.5) is 0 Å². The van der Waals surface area contributed by atoms with Crippen LogP contribution in [0.25, 0.3) is 0 Å². The molecule has 1 amide bonds. The molecule has 0 fully saturated rings. The van der Waals surface area contributed by atoms with Gasteiger partial charge in [-0.05, 0) is 57.8 Å². The fourth-order valence-corrected chi connectivity index (χ4v) is 13.8. The molecule has 0 saturated carbocycles. The molecular formula is C86H167NO5. The zero-order valence-corrected chi connectivity index (χ0v) is 62.8. The monoisotopic (exact) mass is 1290 g/mol. The van der Waals surface area contributed by atoms with Crippen molar-refractivity contribution < 1.29 is 24.5 Å². The van der Waals surface area contributed by atoms with E-state index < -0.39 is 12.1 Å². The summed E-state index contributed by atoms with van der Waals surface area (Å²) in [5.74, 6) is -0.0358. The Hall–Kier alpha value is -1.66. The molecule has 0 heterocycles. The van der Waals surface area contributed by atoms with Crippen LogP contribution >= 0.6 is 0 Å². The molecule has 0 aromatic carbocycles. The van der Waals surface area contributed by atoms with Crippen LogP contribution in [0.3, 0.4) is 0 Å². The Morgan fingerprint density at radius 3 is 0.772 bits per heavy atom. The Morgan fingerprint density at radius 2 is 0.511 bits per heavy atom. The van der Waals surface area contributed by atoms with Gasteiger partial charge in [0, 0.05) is 12.8 Å². The molecule has 2 unspecified atom stereocenters. The van der Waals surface area contributed by atoms with E-state index in [-0.39, 0.29) is 18.5 Å². The number of ether oxygens (including phenoxy) is 1. The van der Waals surface area contributed by atoms with Gasteiger partial charge in [0.25, 0.3) is 0 Å². The summed E-state index contributed by atoms with van der Waals surface area (Å²) in [6, 6.07) is -0.624. The number of nitrogens with one attached hydrogen (secondary N) is 1. The minimum absolute atomic E-state index is 0.0214. The SMILES string of the molecule is CCCCCCCCC/C=C\CCCCCCCCCC(=O)OCCCCCCCCCCCCCCCCCCCCCCCCCCCCCCCCCCCCCCCC(=O)NC(CO)C(O)/C=C/CCCCCCCCCCCCCCCCCCCC. The second kappa shape index (κ2) is 81.8. The number of aliphatic hydroxyl groups is 2. The van der Waals surface area contributed by atoms with Crippen LogP contribution in [0.2, 0.25) is 0 Å². The highest BCUT2D eigenvalue weighted by molar-refractivity contribution is 5.76. The molecule has 0 aliphatic heterocycles. The van der Waals surface area contributed by atoms with Crippen molar-refractivity contribution in [3.05, 3.63) is 24.3 Å². The Morgan fingerprint density at radius 1 is 0.293 bits per heavy atom. The molecule has 6 heteroatoms. The number of aliphatic hydroxyl groups excluding tert-OH is 2. The zero-order chi connectivity index (χ0) is 66.3. The smallest absolute Gasteiger partial charge is 0.305 e. The third-order valence-electron chi connectivity index (χ3n) is 20.2. The molecule has 0 spiro atoms. The van der Waals surface area contributed by atoms with Crippen molar-refractivity contribution in [2.24, 2.45) is 0 Å². The largest absolute Gasteiger partial charge is 0.466 e. The van der Waals surface area contributed by atoms with Crippen LogP contribution < -0.4 is 5.32 Å². The summed E-state index contributed by atoms with van der Waals surface area (Å²) >= 11 is 0. The van der Waals surface area contributed by atoms with Gasteiger partial charge in [0.1, 0.15) is 0 Å². The molecule has 0 saturated heterocycles. The predicted molar refractivity (Wildman–Crippen MR) is 407 cm³/mol. The highest BCUT2D eigenvalue weighted by Crippen LogP contribution is 2.21. The van der Waals surface area contributed by atoms with E-state index in [0.29, 0.717) is 19.4 Å². The Labute approximate surface area is 577 Å². The maximum Gasteiger partial charge on any atom is 0.305 e. The normalized spacial score (nSPS) is 12.5. The first-order chi connectivity index (χ1) is 45.5. The number of carbonyl (C=O) groups is 2. The number of esters is 1. The molecule has 0 aromatic heterocycles. The third kappa shape index (κ3) is 77.3. The average molecular weight is 1300 g/mol. The number of amides is 1. The van der Waals surface area contributed by atoms with E-state index in [1.54, 1.807) is 6.08 Å². The fraction of sp³-hybridized carbons (Fsp3) is 0.930. The summed E-state index contributed by atoms with van der Waals surface area (Å²) in [6.07, 6.45) is 106. The van der Waals surface area contributed by atoms with Crippen LogP contribution in [-0.2, 0) is 14.3 Å². The lowest BCUT2D eigenvalue weighted by molar-refractivity contribution is -0.143. The van der Waals surface area contributed by atoms with Crippen molar-refractivity contribution in [2.45, 2.75) is 501 Å². The summed E-state index contributed by atoms with van der Waals surface area (Å²) in [7, 11) is 0. The van der Waals surface area contributed by atoms with E-state index in [1.165, 1.54) is 424 Å². The quantitative estimate of drug-likeness (QED) is 0.0320. The molecule has 0 bridgehead atoms. The zero-order valence-electron chi connectivity index (χ0n) is 62.8. The van der Waals surface area contributed by atoms with Gasteiger partial charge in [-0.2, -0.15) is 0 Å². The maximum atomic E-state index is 12.5. The number of hydrogen-bond donors (Lipinski definition) is 3. The number of hydrogen-bond acceptors (Lipinski definition) is 5. The van der Waals surface area contributed by atoms with E-state index in [9.17, 15) is 19.8 Å². The van der Waals surface area contributed by atoms with Crippen LogP contribution in [-0.4, -0.2) is 47.4 Å². The first-order valence-corrected chi connectivity index (χ1v) is 42.6. The van der Waals surface area contributed by atoms with Crippen molar-refractivity contribution >= 4 is 11.9 Å².